The number of benzene rings is 1. The van der Waals surface area contributed by atoms with Crippen LogP contribution in [-0.4, -0.2) is 41.1 Å². The third kappa shape index (κ3) is 4.00. The first kappa shape index (κ1) is 16.3. The fraction of sp³-hybridized carbons (Fsp3) is 0.529. The number of aliphatic carboxylic acids is 1. The largest absolute Gasteiger partial charge is 0.493 e. The van der Waals surface area contributed by atoms with E-state index in [1.165, 1.54) is 10.5 Å². The van der Waals surface area contributed by atoms with Gasteiger partial charge in [-0.25, -0.2) is 4.79 Å². The van der Waals surface area contributed by atoms with Gasteiger partial charge in [0.05, 0.1) is 13.0 Å². The zero-order valence-electron chi connectivity index (χ0n) is 13.2. The Labute approximate surface area is 130 Å². The van der Waals surface area contributed by atoms with Crippen LogP contribution in [0.4, 0.5) is 0 Å². The summed E-state index contributed by atoms with van der Waals surface area (Å²) in [7, 11) is 0. The average Bonchev–Trinajstić information content (AvgIpc) is 2.49. The van der Waals surface area contributed by atoms with Crippen LogP contribution in [-0.2, 0) is 9.59 Å². The molecule has 0 aliphatic carbocycles. The van der Waals surface area contributed by atoms with Gasteiger partial charge in [-0.2, -0.15) is 0 Å². The Morgan fingerprint density at radius 3 is 2.77 bits per heavy atom. The van der Waals surface area contributed by atoms with Gasteiger partial charge in [-0.3, -0.25) is 4.79 Å². The summed E-state index contributed by atoms with van der Waals surface area (Å²) in [6.07, 6.45) is 2.48. The Hall–Kier alpha value is -2.04. The van der Waals surface area contributed by atoms with Gasteiger partial charge >= 0.3 is 5.97 Å². The minimum Gasteiger partial charge on any atom is -0.493 e. The van der Waals surface area contributed by atoms with Crippen LogP contribution in [0.15, 0.2) is 18.2 Å². The summed E-state index contributed by atoms with van der Waals surface area (Å²) < 4.78 is 5.65. The first-order valence-corrected chi connectivity index (χ1v) is 7.71. The first-order valence-electron chi connectivity index (χ1n) is 7.71. The van der Waals surface area contributed by atoms with Gasteiger partial charge in [0.2, 0.25) is 5.91 Å². The van der Waals surface area contributed by atoms with Crippen LogP contribution < -0.4 is 4.74 Å². The zero-order chi connectivity index (χ0) is 16.1. The highest BCUT2D eigenvalue weighted by Gasteiger charge is 2.31. The lowest BCUT2D eigenvalue weighted by molar-refractivity contribution is -0.152. The Kier molecular flexibility index (Phi) is 5.41. The second-order valence-corrected chi connectivity index (χ2v) is 5.80. The van der Waals surface area contributed by atoms with Crippen LogP contribution in [0.5, 0.6) is 5.75 Å². The average molecular weight is 305 g/mol. The molecule has 1 aromatic rings. The number of carboxylic acids is 1. The Morgan fingerprint density at radius 2 is 2.09 bits per heavy atom. The maximum Gasteiger partial charge on any atom is 0.326 e. The van der Waals surface area contributed by atoms with E-state index in [0.29, 0.717) is 13.0 Å². The molecule has 1 amide bonds. The van der Waals surface area contributed by atoms with E-state index < -0.39 is 12.0 Å². The van der Waals surface area contributed by atoms with Crippen molar-refractivity contribution in [1.82, 2.24) is 4.90 Å². The van der Waals surface area contributed by atoms with Crippen molar-refractivity contribution >= 4 is 11.9 Å². The standard InChI is InChI=1S/C17H23NO4/c1-12-6-7-15(13(2)11-12)22-10-8-16(19)18-9-4-3-5-14(18)17(20)21/h6-7,11,14H,3-5,8-10H2,1-2H3,(H,20,21)/t14-/m1/s1. The normalized spacial score (nSPS) is 18.1. The van der Waals surface area contributed by atoms with E-state index in [0.717, 1.165) is 24.2 Å². The molecule has 1 heterocycles. The van der Waals surface area contributed by atoms with Crippen molar-refractivity contribution in [1.29, 1.82) is 0 Å². The molecule has 1 fully saturated rings. The molecular formula is C17H23NO4. The molecule has 1 aliphatic heterocycles. The van der Waals surface area contributed by atoms with E-state index >= 15 is 0 Å². The lowest BCUT2D eigenvalue weighted by Gasteiger charge is -2.33. The number of aryl methyl sites for hydroxylation is 2. The fourth-order valence-corrected chi connectivity index (χ4v) is 2.84. The zero-order valence-corrected chi connectivity index (χ0v) is 13.2. The highest BCUT2D eigenvalue weighted by Crippen LogP contribution is 2.20. The van der Waals surface area contributed by atoms with E-state index in [1.807, 2.05) is 32.0 Å². The van der Waals surface area contributed by atoms with Crippen LogP contribution in [0, 0.1) is 13.8 Å². The number of nitrogens with zero attached hydrogens (tertiary/aromatic N) is 1. The Bertz CT molecular complexity index is 556. The van der Waals surface area contributed by atoms with Crippen LogP contribution in [0.25, 0.3) is 0 Å². The number of hydrogen-bond donors (Lipinski definition) is 1. The third-order valence-corrected chi connectivity index (χ3v) is 4.01. The molecule has 1 aliphatic rings. The van der Waals surface area contributed by atoms with Gasteiger partial charge in [-0.05, 0) is 44.7 Å². The van der Waals surface area contributed by atoms with E-state index in [2.05, 4.69) is 0 Å². The minimum absolute atomic E-state index is 0.142. The number of likely N-dealkylation sites (tertiary alicyclic amines) is 1. The molecule has 0 bridgehead atoms. The number of ether oxygens (including phenoxy) is 1. The lowest BCUT2D eigenvalue weighted by atomic mass is 10.0. The monoisotopic (exact) mass is 305 g/mol. The molecule has 1 saturated heterocycles. The second kappa shape index (κ2) is 7.29. The van der Waals surface area contributed by atoms with Crippen LogP contribution in [0.2, 0.25) is 0 Å². The van der Waals surface area contributed by atoms with Crippen molar-refractivity contribution < 1.29 is 19.4 Å². The van der Waals surface area contributed by atoms with Crippen LogP contribution in [0.1, 0.15) is 36.8 Å². The molecule has 0 spiro atoms. The lowest BCUT2D eigenvalue weighted by Crippen LogP contribution is -2.48. The first-order chi connectivity index (χ1) is 10.5. The molecule has 0 aromatic heterocycles. The molecule has 0 radical (unpaired) electrons. The van der Waals surface area contributed by atoms with E-state index in [9.17, 15) is 14.7 Å². The summed E-state index contributed by atoms with van der Waals surface area (Å²) >= 11 is 0. The second-order valence-electron chi connectivity index (χ2n) is 5.80. The Balaban J connectivity index is 1.87. The summed E-state index contributed by atoms with van der Waals surface area (Å²) in [5.41, 5.74) is 2.20. The van der Waals surface area contributed by atoms with Crippen molar-refractivity contribution in [2.75, 3.05) is 13.2 Å². The molecule has 1 N–H and O–H groups in total. The van der Waals surface area contributed by atoms with E-state index in [1.54, 1.807) is 0 Å². The predicted molar refractivity (Wildman–Crippen MR) is 83.0 cm³/mol. The van der Waals surface area contributed by atoms with Crippen molar-refractivity contribution in [3.63, 3.8) is 0 Å². The predicted octanol–water partition coefficient (Wildman–Crippen LogP) is 2.54. The maximum absolute atomic E-state index is 12.2. The van der Waals surface area contributed by atoms with E-state index in [-0.39, 0.29) is 18.9 Å². The molecular weight excluding hydrogens is 282 g/mol. The number of carbonyl (C=O) groups excluding carboxylic acids is 1. The van der Waals surface area contributed by atoms with Crippen molar-refractivity contribution in [2.24, 2.45) is 0 Å². The van der Waals surface area contributed by atoms with Gasteiger partial charge in [-0.1, -0.05) is 17.7 Å². The topological polar surface area (TPSA) is 66.8 Å². The smallest absolute Gasteiger partial charge is 0.326 e. The molecule has 22 heavy (non-hydrogen) atoms. The number of hydrogen-bond acceptors (Lipinski definition) is 3. The summed E-state index contributed by atoms with van der Waals surface area (Å²) in [5, 5.41) is 9.20. The van der Waals surface area contributed by atoms with E-state index in [4.69, 9.17) is 4.74 Å². The van der Waals surface area contributed by atoms with Crippen molar-refractivity contribution in [3.8, 4) is 5.75 Å². The summed E-state index contributed by atoms with van der Waals surface area (Å²) in [6.45, 7) is 4.78. The highest BCUT2D eigenvalue weighted by molar-refractivity contribution is 5.83. The molecule has 5 heteroatoms. The van der Waals surface area contributed by atoms with Crippen LogP contribution in [0.3, 0.4) is 0 Å². The summed E-state index contributed by atoms with van der Waals surface area (Å²) in [5.74, 6) is -0.285. The molecule has 1 aromatic carbocycles. The van der Waals surface area contributed by atoms with Gasteiger partial charge in [0.1, 0.15) is 11.8 Å². The molecule has 120 valence electrons. The van der Waals surface area contributed by atoms with Crippen molar-refractivity contribution in [3.05, 3.63) is 29.3 Å². The van der Waals surface area contributed by atoms with Gasteiger partial charge in [0.25, 0.3) is 0 Å². The number of carbonyl (C=O) groups is 2. The summed E-state index contributed by atoms with van der Waals surface area (Å²) in [6, 6.07) is 5.22. The van der Waals surface area contributed by atoms with Crippen LogP contribution >= 0.6 is 0 Å². The van der Waals surface area contributed by atoms with Crippen molar-refractivity contribution in [2.45, 2.75) is 45.6 Å². The SMILES string of the molecule is Cc1ccc(OCCC(=O)N2CCCC[C@@H]2C(=O)O)c(C)c1. The van der Waals surface area contributed by atoms with Gasteiger partial charge in [0, 0.05) is 6.54 Å². The Morgan fingerprint density at radius 1 is 1.32 bits per heavy atom. The highest BCUT2D eigenvalue weighted by atomic mass is 16.5. The summed E-state index contributed by atoms with van der Waals surface area (Å²) in [4.78, 5) is 24.9. The minimum atomic E-state index is -0.914. The molecule has 0 saturated carbocycles. The molecule has 0 unspecified atom stereocenters. The third-order valence-electron chi connectivity index (χ3n) is 4.01. The number of rotatable bonds is 5. The fourth-order valence-electron chi connectivity index (χ4n) is 2.84. The molecule has 2 rings (SSSR count). The van der Waals surface area contributed by atoms with Gasteiger partial charge < -0.3 is 14.7 Å². The number of piperidine rings is 1. The van der Waals surface area contributed by atoms with Gasteiger partial charge in [0.15, 0.2) is 0 Å². The van der Waals surface area contributed by atoms with Gasteiger partial charge in [-0.15, -0.1) is 0 Å². The molecule has 5 nitrogen and oxygen atoms in total. The maximum atomic E-state index is 12.2. The molecule has 1 atom stereocenters. The number of amides is 1. The number of carboxylic acid groups (broad SMARTS) is 1. The quantitative estimate of drug-likeness (QED) is 0.908.